The zero-order valence-electron chi connectivity index (χ0n) is 20.1. The lowest BCUT2D eigenvalue weighted by molar-refractivity contribution is -0.144. The molecule has 0 aromatic heterocycles. The monoisotopic (exact) mass is 473 g/mol. The number of thioether (sulfide) groups is 1. The molecule has 0 saturated carbocycles. The summed E-state index contributed by atoms with van der Waals surface area (Å²) in [5, 5.41) is 14.7. The smallest absolute Gasteiger partial charge is 0.408 e. The number of hydrogen-bond acceptors (Lipinski definition) is 6. The van der Waals surface area contributed by atoms with Gasteiger partial charge < -0.3 is 25.4 Å². The molecule has 0 bridgehead atoms. The normalized spacial score (nSPS) is 17.8. The molecule has 3 amide bonds. The number of nitrogens with one attached hydrogen (secondary N) is 2. The summed E-state index contributed by atoms with van der Waals surface area (Å²) in [6.07, 6.45) is 3.33. The van der Waals surface area contributed by atoms with Crippen LogP contribution in [-0.4, -0.2) is 76.7 Å². The number of carboxylic acids is 1. The van der Waals surface area contributed by atoms with E-state index in [9.17, 15) is 24.3 Å². The highest BCUT2D eigenvalue weighted by molar-refractivity contribution is 7.98. The number of carbonyl (C=O) groups is 4. The Bertz CT molecular complexity index is 659. The second kappa shape index (κ2) is 12.9. The number of rotatable bonds is 10. The van der Waals surface area contributed by atoms with Crippen LogP contribution in [-0.2, 0) is 19.1 Å². The van der Waals surface area contributed by atoms with Crippen molar-refractivity contribution in [3.8, 4) is 0 Å². The fraction of sp³-hybridized carbons (Fsp3) is 0.818. The first-order valence-electron chi connectivity index (χ1n) is 11.2. The van der Waals surface area contributed by atoms with Crippen LogP contribution < -0.4 is 10.6 Å². The van der Waals surface area contributed by atoms with Gasteiger partial charge in [-0.15, -0.1) is 0 Å². The zero-order valence-corrected chi connectivity index (χ0v) is 20.9. The molecule has 1 aliphatic rings. The maximum atomic E-state index is 13.0. The van der Waals surface area contributed by atoms with Gasteiger partial charge in [-0.25, -0.2) is 9.59 Å². The van der Waals surface area contributed by atoms with E-state index < -0.39 is 29.7 Å². The molecule has 32 heavy (non-hydrogen) atoms. The van der Waals surface area contributed by atoms with Gasteiger partial charge in [-0.3, -0.25) is 9.59 Å². The van der Waals surface area contributed by atoms with E-state index in [1.54, 1.807) is 44.4 Å². The molecule has 0 aromatic rings. The minimum atomic E-state index is -1.04. The Labute approximate surface area is 195 Å². The van der Waals surface area contributed by atoms with Crippen molar-refractivity contribution in [2.75, 3.05) is 25.1 Å². The van der Waals surface area contributed by atoms with Gasteiger partial charge in [0, 0.05) is 19.0 Å². The van der Waals surface area contributed by atoms with Gasteiger partial charge in [0.05, 0.1) is 0 Å². The Morgan fingerprint density at radius 2 is 1.75 bits per heavy atom. The molecular weight excluding hydrogens is 434 g/mol. The molecule has 0 aromatic carbocycles. The molecule has 10 heteroatoms. The van der Waals surface area contributed by atoms with Crippen LogP contribution in [0.3, 0.4) is 0 Å². The molecule has 0 radical (unpaired) electrons. The number of alkyl carbamates (subject to hydrolysis) is 1. The van der Waals surface area contributed by atoms with Crippen molar-refractivity contribution in [1.82, 2.24) is 15.5 Å². The van der Waals surface area contributed by atoms with Crippen LogP contribution in [0.4, 0.5) is 4.79 Å². The summed E-state index contributed by atoms with van der Waals surface area (Å²) in [6.45, 7) is 9.72. The van der Waals surface area contributed by atoms with Crippen molar-refractivity contribution in [2.45, 2.75) is 78.0 Å². The number of amides is 3. The lowest BCUT2D eigenvalue weighted by atomic mass is 9.93. The average Bonchev–Trinajstić information content (AvgIpc) is 2.72. The molecule has 3 N–H and O–H groups in total. The average molecular weight is 474 g/mol. The van der Waals surface area contributed by atoms with Gasteiger partial charge in [-0.05, 0) is 58.0 Å². The fourth-order valence-electron chi connectivity index (χ4n) is 3.48. The number of piperidine rings is 1. The molecule has 1 heterocycles. The van der Waals surface area contributed by atoms with Crippen LogP contribution in [0.2, 0.25) is 0 Å². The van der Waals surface area contributed by atoms with Crippen molar-refractivity contribution in [3.63, 3.8) is 0 Å². The zero-order chi connectivity index (χ0) is 24.5. The van der Waals surface area contributed by atoms with Crippen molar-refractivity contribution < 1.29 is 29.0 Å². The van der Waals surface area contributed by atoms with Gasteiger partial charge in [0.1, 0.15) is 17.7 Å². The third-order valence-electron chi connectivity index (χ3n) is 5.55. The largest absolute Gasteiger partial charge is 0.480 e. The lowest BCUT2D eigenvalue weighted by Crippen LogP contribution is -2.53. The van der Waals surface area contributed by atoms with Crippen molar-refractivity contribution >= 4 is 35.6 Å². The maximum absolute atomic E-state index is 13.0. The van der Waals surface area contributed by atoms with E-state index in [1.807, 2.05) is 13.2 Å². The van der Waals surface area contributed by atoms with Gasteiger partial charge in [-0.1, -0.05) is 20.3 Å². The number of ether oxygens (including phenoxy) is 1. The Hall–Kier alpha value is -1.97. The summed E-state index contributed by atoms with van der Waals surface area (Å²) >= 11 is 1.59. The first-order chi connectivity index (χ1) is 14.9. The highest BCUT2D eigenvalue weighted by Gasteiger charge is 2.34. The summed E-state index contributed by atoms with van der Waals surface area (Å²) in [4.78, 5) is 51.0. The van der Waals surface area contributed by atoms with Crippen LogP contribution in [0.15, 0.2) is 0 Å². The maximum Gasteiger partial charge on any atom is 0.408 e. The molecule has 1 aliphatic heterocycles. The lowest BCUT2D eigenvalue weighted by Gasteiger charge is -2.34. The Morgan fingerprint density at radius 3 is 2.22 bits per heavy atom. The summed E-state index contributed by atoms with van der Waals surface area (Å²) < 4.78 is 5.29. The third kappa shape index (κ3) is 9.26. The molecule has 1 fully saturated rings. The molecule has 3 atom stereocenters. The van der Waals surface area contributed by atoms with Gasteiger partial charge in [0.15, 0.2) is 0 Å². The number of likely N-dealkylation sites (tertiary alicyclic amines) is 1. The predicted octanol–water partition coefficient (Wildman–Crippen LogP) is 2.49. The topological polar surface area (TPSA) is 125 Å². The second-order valence-corrected chi connectivity index (χ2v) is 10.3. The third-order valence-corrected chi connectivity index (χ3v) is 6.20. The fourth-order valence-corrected chi connectivity index (χ4v) is 3.95. The van der Waals surface area contributed by atoms with Gasteiger partial charge >= 0.3 is 12.1 Å². The van der Waals surface area contributed by atoms with Crippen LogP contribution in [0.25, 0.3) is 0 Å². The summed E-state index contributed by atoms with van der Waals surface area (Å²) in [6, 6.07) is -1.61. The van der Waals surface area contributed by atoms with E-state index in [4.69, 9.17) is 4.74 Å². The quantitative estimate of drug-likeness (QED) is 0.445. The number of hydrogen-bond donors (Lipinski definition) is 3. The highest BCUT2D eigenvalue weighted by atomic mass is 32.2. The minimum Gasteiger partial charge on any atom is -0.480 e. The Morgan fingerprint density at radius 1 is 1.16 bits per heavy atom. The number of nitrogens with zero attached hydrogens (tertiary/aromatic N) is 1. The Kier molecular flexibility index (Phi) is 11.3. The van der Waals surface area contributed by atoms with E-state index in [1.165, 1.54) is 0 Å². The van der Waals surface area contributed by atoms with Gasteiger partial charge in [-0.2, -0.15) is 11.8 Å². The molecule has 0 spiro atoms. The molecule has 1 saturated heterocycles. The molecule has 184 valence electrons. The van der Waals surface area contributed by atoms with Crippen molar-refractivity contribution in [3.05, 3.63) is 0 Å². The van der Waals surface area contributed by atoms with Crippen LogP contribution in [0.1, 0.15) is 60.3 Å². The SMILES string of the molecule is CCC(C)[C@H](NC(=O)C1CCN(C(=O)[C@H](CCSC)NC(=O)OC(C)(C)C)CC1)C(=O)O. The first-order valence-corrected chi connectivity index (χ1v) is 12.6. The van der Waals surface area contributed by atoms with Crippen molar-refractivity contribution in [1.29, 1.82) is 0 Å². The molecule has 1 unspecified atom stereocenters. The number of aliphatic carboxylic acids is 1. The van der Waals surface area contributed by atoms with Crippen LogP contribution in [0.5, 0.6) is 0 Å². The number of carboxylic acid groups (broad SMARTS) is 1. The summed E-state index contributed by atoms with van der Waals surface area (Å²) in [5.41, 5.74) is -0.661. The predicted molar refractivity (Wildman–Crippen MR) is 124 cm³/mol. The van der Waals surface area contributed by atoms with Gasteiger partial charge in [0.25, 0.3) is 0 Å². The summed E-state index contributed by atoms with van der Waals surface area (Å²) in [5.74, 6) is -1.31. The standard InChI is InChI=1S/C22H39N3O6S/c1-7-14(2)17(20(28)29)24-18(26)15-8-11-25(12-9-15)19(27)16(10-13-32-6)23-21(30)31-22(3,4)5/h14-17H,7-13H2,1-6H3,(H,23,30)(H,24,26)(H,28,29)/t14?,16-,17-/m0/s1. The second-order valence-electron chi connectivity index (χ2n) is 9.29. The van der Waals surface area contributed by atoms with Crippen LogP contribution in [0, 0.1) is 11.8 Å². The molecule has 9 nitrogen and oxygen atoms in total. The molecule has 1 rings (SSSR count). The van der Waals surface area contributed by atoms with E-state index in [0.29, 0.717) is 44.5 Å². The van der Waals surface area contributed by atoms with E-state index in [0.717, 1.165) is 0 Å². The van der Waals surface area contributed by atoms with Crippen molar-refractivity contribution in [2.24, 2.45) is 11.8 Å². The van der Waals surface area contributed by atoms with E-state index in [-0.39, 0.29) is 23.7 Å². The number of carbonyl (C=O) groups excluding carboxylic acids is 3. The molecule has 0 aliphatic carbocycles. The summed E-state index contributed by atoms with van der Waals surface area (Å²) in [7, 11) is 0. The van der Waals surface area contributed by atoms with E-state index >= 15 is 0 Å². The van der Waals surface area contributed by atoms with Crippen LogP contribution >= 0.6 is 11.8 Å². The van der Waals surface area contributed by atoms with E-state index in [2.05, 4.69) is 10.6 Å². The van der Waals surface area contributed by atoms with Gasteiger partial charge in [0.2, 0.25) is 11.8 Å². The molecular formula is C22H39N3O6S. The first kappa shape index (κ1) is 28.1. The minimum absolute atomic E-state index is 0.172. The highest BCUT2D eigenvalue weighted by Crippen LogP contribution is 2.20. The Balaban J connectivity index is 2.69.